The second kappa shape index (κ2) is 4.15. The van der Waals surface area contributed by atoms with Gasteiger partial charge >= 0.3 is 0 Å². The van der Waals surface area contributed by atoms with Crippen LogP contribution in [0.15, 0.2) is 12.5 Å². The molecule has 2 aromatic rings. The lowest BCUT2D eigenvalue weighted by Gasteiger charge is -2.42. The van der Waals surface area contributed by atoms with E-state index in [1.54, 1.807) is 0 Å². The third-order valence-corrected chi connectivity index (χ3v) is 3.81. The maximum absolute atomic E-state index is 13.2. The zero-order valence-corrected chi connectivity index (χ0v) is 11.0. The fourth-order valence-corrected chi connectivity index (χ4v) is 2.50. The van der Waals surface area contributed by atoms with E-state index in [2.05, 4.69) is 21.9 Å². The van der Waals surface area contributed by atoms with Crippen molar-refractivity contribution in [3.63, 3.8) is 0 Å². The molecule has 1 aliphatic rings. The lowest BCUT2D eigenvalue weighted by molar-refractivity contribution is -0.0500. The fourth-order valence-electron chi connectivity index (χ4n) is 2.50. The Balaban J connectivity index is 1.92. The molecular weight excluding hydrogens is 250 g/mol. The molecule has 102 valence electrons. The number of aromatic nitrogens is 3. The topological polar surface area (TPSA) is 44.8 Å². The molecule has 1 fully saturated rings. The molecule has 0 radical (unpaired) electrons. The van der Waals surface area contributed by atoms with E-state index in [0.29, 0.717) is 13.1 Å². The van der Waals surface area contributed by atoms with Gasteiger partial charge in [0, 0.05) is 19.3 Å². The highest BCUT2D eigenvalue weighted by Gasteiger charge is 2.43. The number of aromatic amines is 1. The number of hydrogen-bond donors (Lipinski definition) is 1. The maximum atomic E-state index is 13.2. The minimum atomic E-state index is -2.62. The molecule has 1 saturated heterocycles. The van der Waals surface area contributed by atoms with Crippen LogP contribution in [0, 0.1) is 5.92 Å². The summed E-state index contributed by atoms with van der Waals surface area (Å²) in [6, 6.07) is 0. The Kier molecular flexibility index (Phi) is 2.69. The number of nitrogens with one attached hydrogen (secondary N) is 1. The van der Waals surface area contributed by atoms with Crippen LogP contribution in [-0.4, -0.2) is 34.0 Å². The van der Waals surface area contributed by atoms with Crippen molar-refractivity contribution in [2.75, 3.05) is 18.0 Å². The average Bonchev–Trinajstić information content (AvgIpc) is 2.68. The number of hydrogen-bond acceptors (Lipinski definition) is 3. The van der Waals surface area contributed by atoms with Crippen LogP contribution in [-0.2, 0) is 6.42 Å². The number of H-pyrrole nitrogens is 1. The summed E-state index contributed by atoms with van der Waals surface area (Å²) in [6.45, 7) is 3.74. The van der Waals surface area contributed by atoms with Gasteiger partial charge in [0.2, 0.25) is 0 Å². The van der Waals surface area contributed by atoms with Crippen LogP contribution in [0.25, 0.3) is 11.0 Å². The van der Waals surface area contributed by atoms with Crippen LogP contribution >= 0.6 is 0 Å². The van der Waals surface area contributed by atoms with Crippen molar-refractivity contribution in [2.45, 2.75) is 26.2 Å². The van der Waals surface area contributed by atoms with E-state index in [4.69, 9.17) is 0 Å². The Bertz CT molecular complexity index is 596. The minimum Gasteiger partial charge on any atom is -0.355 e. The van der Waals surface area contributed by atoms with E-state index in [9.17, 15) is 8.78 Å². The maximum Gasteiger partial charge on any atom is 0.251 e. The first-order valence-corrected chi connectivity index (χ1v) is 6.44. The standard InChI is InChI=1S/C13H16F2N4/c1-3-8-4-16-11-10(8)12(18-7-17-11)19-5-9(6-19)13(2,14)15/h4,7,9H,3,5-6H2,1-2H3,(H,16,17,18). The summed E-state index contributed by atoms with van der Waals surface area (Å²) in [5.74, 6) is -2.43. The van der Waals surface area contributed by atoms with Gasteiger partial charge in [0.1, 0.15) is 17.8 Å². The van der Waals surface area contributed by atoms with E-state index >= 15 is 0 Å². The predicted molar refractivity (Wildman–Crippen MR) is 69.6 cm³/mol. The zero-order chi connectivity index (χ0) is 13.6. The second-order valence-corrected chi connectivity index (χ2v) is 5.15. The molecule has 1 aliphatic heterocycles. The third kappa shape index (κ3) is 1.95. The Labute approximate surface area is 109 Å². The van der Waals surface area contributed by atoms with E-state index in [-0.39, 0.29) is 0 Å². The van der Waals surface area contributed by atoms with Crippen LogP contribution in [0.1, 0.15) is 19.4 Å². The molecule has 0 aromatic carbocycles. The van der Waals surface area contributed by atoms with Crippen molar-refractivity contribution in [1.82, 2.24) is 15.0 Å². The summed E-state index contributed by atoms with van der Waals surface area (Å²) in [6.07, 6.45) is 4.25. The molecule has 2 aromatic heterocycles. The van der Waals surface area contributed by atoms with Crippen LogP contribution in [0.2, 0.25) is 0 Å². The molecule has 6 heteroatoms. The van der Waals surface area contributed by atoms with Crippen LogP contribution in [0.4, 0.5) is 14.6 Å². The molecule has 3 rings (SSSR count). The smallest absolute Gasteiger partial charge is 0.251 e. The summed E-state index contributed by atoms with van der Waals surface area (Å²) in [4.78, 5) is 13.5. The summed E-state index contributed by atoms with van der Waals surface area (Å²) in [5.41, 5.74) is 1.89. The van der Waals surface area contributed by atoms with Crippen molar-refractivity contribution in [2.24, 2.45) is 5.92 Å². The highest BCUT2D eigenvalue weighted by Crippen LogP contribution is 2.37. The lowest BCUT2D eigenvalue weighted by atomic mass is 9.93. The highest BCUT2D eigenvalue weighted by atomic mass is 19.3. The van der Waals surface area contributed by atoms with E-state index in [1.807, 2.05) is 11.1 Å². The monoisotopic (exact) mass is 266 g/mol. The molecule has 4 nitrogen and oxygen atoms in total. The molecule has 0 atom stereocenters. The molecule has 1 N–H and O–H groups in total. The van der Waals surface area contributed by atoms with Crippen molar-refractivity contribution in [3.05, 3.63) is 18.1 Å². The Hall–Kier alpha value is -1.72. The summed E-state index contributed by atoms with van der Waals surface area (Å²) in [7, 11) is 0. The number of fused-ring (bicyclic) bond motifs is 1. The summed E-state index contributed by atoms with van der Waals surface area (Å²) < 4.78 is 26.4. The zero-order valence-electron chi connectivity index (χ0n) is 11.0. The average molecular weight is 266 g/mol. The number of alkyl halides is 2. The summed E-state index contributed by atoms with van der Waals surface area (Å²) in [5, 5.41) is 0.961. The first-order chi connectivity index (χ1) is 9.00. The van der Waals surface area contributed by atoms with Crippen molar-refractivity contribution >= 4 is 16.9 Å². The largest absolute Gasteiger partial charge is 0.355 e. The number of rotatable bonds is 3. The van der Waals surface area contributed by atoms with Gasteiger partial charge in [0.15, 0.2) is 0 Å². The highest BCUT2D eigenvalue weighted by molar-refractivity contribution is 5.91. The predicted octanol–water partition coefficient (Wildman–Crippen LogP) is 2.61. The van der Waals surface area contributed by atoms with Gasteiger partial charge in [-0.1, -0.05) is 6.92 Å². The van der Waals surface area contributed by atoms with Crippen LogP contribution < -0.4 is 4.90 Å². The quantitative estimate of drug-likeness (QED) is 0.928. The minimum absolute atomic E-state index is 0.351. The number of aryl methyl sites for hydroxylation is 1. The summed E-state index contributed by atoms with van der Waals surface area (Å²) >= 11 is 0. The number of halogens is 2. The molecule has 0 aliphatic carbocycles. The molecule has 19 heavy (non-hydrogen) atoms. The van der Waals surface area contributed by atoms with E-state index < -0.39 is 11.8 Å². The molecule has 0 bridgehead atoms. The fraction of sp³-hybridized carbons (Fsp3) is 0.538. The first-order valence-electron chi connectivity index (χ1n) is 6.44. The third-order valence-electron chi connectivity index (χ3n) is 3.81. The second-order valence-electron chi connectivity index (χ2n) is 5.15. The number of anilines is 1. The van der Waals surface area contributed by atoms with Gasteiger partial charge in [-0.2, -0.15) is 0 Å². The van der Waals surface area contributed by atoms with Crippen molar-refractivity contribution in [3.8, 4) is 0 Å². The van der Waals surface area contributed by atoms with Gasteiger partial charge in [-0.15, -0.1) is 0 Å². The number of nitrogens with zero attached hydrogens (tertiary/aromatic N) is 3. The SMILES string of the molecule is CCc1c[nH]c2ncnc(N3CC(C(C)(F)F)C3)c12. The van der Waals surface area contributed by atoms with Crippen LogP contribution in [0.3, 0.4) is 0 Å². The van der Waals surface area contributed by atoms with Gasteiger partial charge in [-0.05, 0) is 18.9 Å². The molecule has 0 saturated carbocycles. The lowest BCUT2D eigenvalue weighted by Crippen LogP contribution is -2.54. The van der Waals surface area contributed by atoms with Crippen LogP contribution in [0.5, 0.6) is 0 Å². The van der Waals surface area contributed by atoms with Crippen molar-refractivity contribution < 1.29 is 8.78 Å². The van der Waals surface area contributed by atoms with Gasteiger partial charge in [0.25, 0.3) is 5.92 Å². The molecular formula is C13H16F2N4. The Morgan fingerprint density at radius 1 is 1.42 bits per heavy atom. The van der Waals surface area contributed by atoms with E-state index in [1.165, 1.54) is 6.33 Å². The van der Waals surface area contributed by atoms with Gasteiger partial charge in [-0.25, -0.2) is 18.7 Å². The molecule has 3 heterocycles. The van der Waals surface area contributed by atoms with Gasteiger partial charge in [0.05, 0.1) is 11.3 Å². The van der Waals surface area contributed by atoms with E-state index in [0.717, 1.165) is 35.8 Å². The Morgan fingerprint density at radius 3 is 2.79 bits per heavy atom. The van der Waals surface area contributed by atoms with Gasteiger partial charge < -0.3 is 9.88 Å². The molecule has 0 spiro atoms. The molecule has 0 unspecified atom stereocenters. The van der Waals surface area contributed by atoms with Crippen molar-refractivity contribution in [1.29, 1.82) is 0 Å². The normalized spacial score (nSPS) is 16.9. The first kappa shape index (κ1) is 12.3. The Morgan fingerprint density at radius 2 is 2.16 bits per heavy atom. The van der Waals surface area contributed by atoms with Gasteiger partial charge in [-0.3, -0.25) is 0 Å². The molecule has 0 amide bonds.